The highest BCUT2D eigenvalue weighted by molar-refractivity contribution is 14.1. The topological polar surface area (TPSA) is 0 Å². The summed E-state index contributed by atoms with van der Waals surface area (Å²) in [6, 6.07) is 6.91. The fraction of sp³-hybridized carbons (Fsp3) is 0.143. The molecule has 2 aromatic rings. The lowest BCUT2D eigenvalue weighted by Gasteiger charge is -2.15. The van der Waals surface area contributed by atoms with Crippen LogP contribution in [0, 0.1) is 27.9 Å². The highest BCUT2D eigenvalue weighted by Crippen LogP contribution is 2.37. The van der Waals surface area contributed by atoms with Crippen molar-refractivity contribution in [3.63, 3.8) is 0 Å². The second kappa shape index (κ2) is 5.83. The highest BCUT2D eigenvalue weighted by atomic mass is 127. The number of halogens is 5. The summed E-state index contributed by atoms with van der Waals surface area (Å²) < 4.78 is 41.4. The molecule has 0 radical (unpaired) electrons. The molecule has 0 bridgehead atoms. The van der Waals surface area contributed by atoms with Crippen molar-refractivity contribution in [3.8, 4) is 0 Å². The molecule has 0 saturated carbocycles. The summed E-state index contributed by atoms with van der Waals surface area (Å²) in [6.07, 6.45) is 0. The van der Waals surface area contributed by atoms with E-state index in [0.29, 0.717) is 12.1 Å². The quantitative estimate of drug-likeness (QED) is 0.427. The Hall–Kier alpha value is -0.560. The predicted octanol–water partition coefficient (Wildman–Crippen LogP) is 5.50. The van der Waals surface area contributed by atoms with E-state index in [1.807, 2.05) is 19.1 Å². The smallest absolute Gasteiger partial charge is 0.133 e. The first kappa shape index (κ1) is 14.8. The predicted molar refractivity (Wildman–Crippen MR) is 81.0 cm³/mol. The summed E-state index contributed by atoms with van der Waals surface area (Å²) in [7, 11) is 0. The Balaban J connectivity index is 2.56. The van der Waals surface area contributed by atoms with Crippen molar-refractivity contribution in [1.29, 1.82) is 0 Å². The highest BCUT2D eigenvalue weighted by Gasteiger charge is 2.22. The van der Waals surface area contributed by atoms with E-state index in [1.165, 1.54) is 0 Å². The normalized spacial score (nSPS) is 12.5. The van der Waals surface area contributed by atoms with Gasteiger partial charge in [0, 0.05) is 21.3 Å². The SMILES string of the molecule is Cc1cccc(C(Br)c2c(F)cc(F)cc2F)c1I. The number of alkyl halides is 1. The monoisotopic (exact) mass is 440 g/mol. The van der Waals surface area contributed by atoms with Crippen LogP contribution >= 0.6 is 38.5 Å². The Bertz CT molecular complexity index is 605. The maximum Gasteiger partial charge on any atom is 0.133 e. The van der Waals surface area contributed by atoms with Crippen molar-refractivity contribution < 1.29 is 13.2 Å². The molecule has 5 heteroatoms. The molecule has 0 heterocycles. The van der Waals surface area contributed by atoms with Gasteiger partial charge in [0.25, 0.3) is 0 Å². The zero-order valence-corrected chi connectivity index (χ0v) is 13.6. The van der Waals surface area contributed by atoms with Crippen molar-refractivity contribution in [3.05, 3.63) is 68.0 Å². The van der Waals surface area contributed by atoms with Gasteiger partial charge < -0.3 is 0 Å². The van der Waals surface area contributed by atoms with Crippen LogP contribution in [0.1, 0.15) is 21.5 Å². The van der Waals surface area contributed by atoms with Gasteiger partial charge in [0.05, 0.1) is 4.83 Å². The van der Waals surface area contributed by atoms with E-state index in [1.54, 1.807) is 6.07 Å². The third-order valence-electron chi connectivity index (χ3n) is 2.79. The molecule has 2 rings (SSSR count). The molecule has 0 fully saturated rings. The third-order valence-corrected chi connectivity index (χ3v) is 5.22. The number of benzene rings is 2. The summed E-state index contributed by atoms with van der Waals surface area (Å²) in [5.74, 6) is -2.70. The fourth-order valence-corrected chi connectivity index (χ4v) is 3.73. The van der Waals surface area contributed by atoms with Crippen molar-refractivity contribution in [2.45, 2.75) is 11.8 Å². The van der Waals surface area contributed by atoms with Crippen LogP contribution in [0.25, 0.3) is 0 Å². The van der Waals surface area contributed by atoms with E-state index in [4.69, 9.17) is 0 Å². The van der Waals surface area contributed by atoms with Crippen molar-refractivity contribution >= 4 is 38.5 Å². The largest absolute Gasteiger partial charge is 0.207 e. The van der Waals surface area contributed by atoms with E-state index in [9.17, 15) is 13.2 Å². The van der Waals surface area contributed by atoms with Crippen LogP contribution < -0.4 is 0 Å². The van der Waals surface area contributed by atoms with Crippen LogP contribution in [0.3, 0.4) is 0 Å². The lowest BCUT2D eigenvalue weighted by atomic mass is 10.0. The van der Waals surface area contributed by atoms with Gasteiger partial charge in [-0.1, -0.05) is 34.1 Å². The molecule has 100 valence electrons. The molecule has 0 aliphatic carbocycles. The molecular formula is C14H9BrF3I. The Morgan fingerprint density at radius 2 is 1.68 bits per heavy atom. The first-order valence-electron chi connectivity index (χ1n) is 5.45. The van der Waals surface area contributed by atoms with Crippen LogP contribution in [0.2, 0.25) is 0 Å². The molecule has 19 heavy (non-hydrogen) atoms. The average Bonchev–Trinajstić information content (AvgIpc) is 2.31. The maximum absolute atomic E-state index is 13.8. The van der Waals surface area contributed by atoms with Gasteiger partial charge in [-0.25, -0.2) is 13.2 Å². The third kappa shape index (κ3) is 2.97. The van der Waals surface area contributed by atoms with Gasteiger partial charge in [0.1, 0.15) is 17.5 Å². The molecule has 1 atom stereocenters. The van der Waals surface area contributed by atoms with Crippen molar-refractivity contribution in [2.24, 2.45) is 0 Å². The zero-order valence-electron chi connectivity index (χ0n) is 9.85. The summed E-state index contributed by atoms with van der Waals surface area (Å²) in [5.41, 5.74) is 1.60. The molecular weight excluding hydrogens is 432 g/mol. The van der Waals surface area contributed by atoms with Crippen molar-refractivity contribution in [1.82, 2.24) is 0 Å². The van der Waals surface area contributed by atoms with Gasteiger partial charge in [-0.15, -0.1) is 0 Å². The Kier molecular flexibility index (Phi) is 4.55. The molecule has 0 amide bonds. The summed E-state index contributed by atoms with van der Waals surface area (Å²) in [5, 5.41) is 0. The van der Waals surface area contributed by atoms with Crippen molar-refractivity contribution in [2.75, 3.05) is 0 Å². The molecule has 0 saturated heterocycles. The van der Waals surface area contributed by atoms with Crippen LogP contribution in [0.5, 0.6) is 0 Å². The first-order valence-corrected chi connectivity index (χ1v) is 7.44. The van der Waals surface area contributed by atoms with Gasteiger partial charge in [0.15, 0.2) is 0 Å². The summed E-state index contributed by atoms with van der Waals surface area (Å²) in [6.45, 7) is 1.92. The summed E-state index contributed by atoms with van der Waals surface area (Å²) >= 11 is 5.43. The van der Waals surface area contributed by atoms with E-state index in [-0.39, 0.29) is 5.56 Å². The minimum atomic E-state index is -0.919. The van der Waals surface area contributed by atoms with Gasteiger partial charge in [-0.3, -0.25) is 0 Å². The molecule has 1 unspecified atom stereocenters. The number of rotatable bonds is 2. The first-order chi connectivity index (χ1) is 8.91. The average molecular weight is 441 g/mol. The van der Waals surface area contributed by atoms with Crippen LogP contribution in [-0.4, -0.2) is 0 Å². The minimum absolute atomic E-state index is 0.176. The number of hydrogen-bond acceptors (Lipinski definition) is 0. The van der Waals surface area contributed by atoms with Gasteiger partial charge >= 0.3 is 0 Å². The molecule has 0 aliphatic rings. The second-order valence-electron chi connectivity index (χ2n) is 4.12. The van der Waals surface area contributed by atoms with E-state index < -0.39 is 22.3 Å². The fourth-order valence-electron chi connectivity index (χ4n) is 1.82. The molecule has 0 aliphatic heterocycles. The second-order valence-corrected chi connectivity index (χ2v) is 6.12. The van der Waals surface area contributed by atoms with Crippen LogP contribution in [0.4, 0.5) is 13.2 Å². The van der Waals surface area contributed by atoms with Gasteiger partial charge in [-0.05, 0) is 40.6 Å². The standard InChI is InChI=1S/C14H9BrF3I/c1-7-3-2-4-9(14(7)19)13(15)12-10(17)5-8(16)6-11(12)18/h2-6,13H,1H3. The zero-order chi connectivity index (χ0) is 14.2. The maximum atomic E-state index is 13.8. The van der Waals surface area contributed by atoms with E-state index in [2.05, 4.69) is 38.5 Å². The number of hydrogen-bond donors (Lipinski definition) is 0. The van der Waals surface area contributed by atoms with Gasteiger partial charge in [0.2, 0.25) is 0 Å². The minimum Gasteiger partial charge on any atom is -0.207 e. The Labute approximate surface area is 131 Å². The molecule has 0 spiro atoms. The lowest BCUT2D eigenvalue weighted by molar-refractivity contribution is 0.527. The van der Waals surface area contributed by atoms with Gasteiger partial charge in [-0.2, -0.15) is 0 Å². The Morgan fingerprint density at radius 1 is 1.11 bits per heavy atom. The summed E-state index contributed by atoms with van der Waals surface area (Å²) in [4.78, 5) is -0.653. The molecule has 0 aromatic heterocycles. The lowest BCUT2D eigenvalue weighted by Crippen LogP contribution is -2.04. The molecule has 2 aromatic carbocycles. The van der Waals surface area contributed by atoms with Crippen LogP contribution in [0.15, 0.2) is 30.3 Å². The van der Waals surface area contributed by atoms with Crippen LogP contribution in [-0.2, 0) is 0 Å². The Morgan fingerprint density at radius 3 is 2.26 bits per heavy atom. The van der Waals surface area contributed by atoms with E-state index >= 15 is 0 Å². The van der Waals surface area contributed by atoms with E-state index in [0.717, 1.165) is 14.7 Å². The molecule has 0 nitrogen and oxygen atoms in total. The number of aryl methyl sites for hydroxylation is 1. The molecule has 0 N–H and O–H groups in total.